The third kappa shape index (κ3) is 2.76. The minimum Gasteiger partial charge on any atom is -0.348 e. The van der Waals surface area contributed by atoms with Crippen LogP contribution in [0.25, 0.3) is 0 Å². The van der Waals surface area contributed by atoms with Crippen LogP contribution in [0.1, 0.15) is 21.1 Å². The summed E-state index contributed by atoms with van der Waals surface area (Å²) in [5.41, 5.74) is 1.46. The number of carbonyl (C=O) groups is 2. The third-order valence-electron chi connectivity index (χ3n) is 3.03. The minimum absolute atomic E-state index is 0.000974. The second-order valence-corrected chi connectivity index (χ2v) is 5.49. The molecule has 0 aliphatic carbocycles. The van der Waals surface area contributed by atoms with Gasteiger partial charge in [0, 0.05) is 26.8 Å². The van der Waals surface area contributed by atoms with Gasteiger partial charge >= 0.3 is 0 Å². The fourth-order valence-corrected chi connectivity index (χ4v) is 2.48. The molecule has 0 N–H and O–H groups in total. The summed E-state index contributed by atoms with van der Waals surface area (Å²) in [4.78, 5) is 26.2. The smallest absolute Gasteiger partial charge is 0.227 e. The van der Waals surface area contributed by atoms with Crippen LogP contribution in [0.15, 0.2) is 29.6 Å². The van der Waals surface area contributed by atoms with Crippen molar-refractivity contribution >= 4 is 23.0 Å². The summed E-state index contributed by atoms with van der Waals surface area (Å²) in [5.74, 6) is 0.0253. The predicted molar refractivity (Wildman–Crippen MR) is 75.6 cm³/mol. The van der Waals surface area contributed by atoms with Gasteiger partial charge in [-0.15, -0.1) is 11.3 Å². The maximum atomic E-state index is 12.3. The first-order valence-corrected chi connectivity index (χ1v) is 6.81. The zero-order valence-electron chi connectivity index (χ0n) is 11.2. The highest BCUT2D eigenvalue weighted by Crippen LogP contribution is 2.17. The van der Waals surface area contributed by atoms with Crippen molar-refractivity contribution in [2.75, 3.05) is 14.1 Å². The van der Waals surface area contributed by atoms with Crippen LogP contribution in [0.4, 0.5) is 0 Å². The summed E-state index contributed by atoms with van der Waals surface area (Å²) in [6.07, 6.45) is 0.307. The van der Waals surface area contributed by atoms with E-state index in [9.17, 15) is 9.59 Å². The third-order valence-corrected chi connectivity index (χ3v) is 3.90. The van der Waals surface area contributed by atoms with Gasteiger partial charge in [0.2, 0.25) is 11.7 Å². The van der Waals surface area contributed by atoms with Gasteiger partial charge in [-0.1, -0.05) is 6.07 Å². The number of carbonyl (C=O) groups excluding carboxylic acids is 2. The molecule has 2 aromatic rings. The van der Waals surface area contributed by atoms with Crippen LogP contribution in [0.3, 0.4) is 0 Å². The van der Waals surface area contributed by atoms with E-state index in [2.05, 4.69) is 0 Å². The Hall–Kier alpha value is -1.88. The largest absolute Gasteiger partial charge is 0.348 e. The van der Waals surface area contributed by atoms with Crippen molar-refractivity contribution in [1.29, 1.82) is 0 Å². The van der Waals surface area contributed by atoms with Crippen molar-refractivity contribution in [2.45, 2.75) is 6.42 Å². The Morgan fingerprint density at radius 1 is 1.26 bits per heavy atom. The van der Waals surface area contributed by atoms with Gasteiger partial charge in [-0.05, 0) is 23.6 Å². The molecule has 19 heavy (non-hydrogen) atoms. The van der Waals surface area contributed by atoms with Crippen LogP contribution in [-0.2, 0) is 18.3 Å². The van der Waals surface area contributed by atoms with E-state index in [4.69, 9.17) is 0 Å². The zero-order chi connectivity index (χ0) is 14.0. The normalized spacial score (nSPS) is 10.5. The number of ketones is 1. The fraction of sp³-hybridized carbons (Fsp3) is 0.286. The molecule has 2 heterocycles. The maximum Gasteiger partial charge on any atom is 0.227 e. The molecule has 0 aliphatic rings. The number of amides is 1. The molecule has 4 nitrogen and oxygen atoms in total. The predicted octanol–water partition coefficient (Wildman–Crippen LogP) is 1.95. The van der Waals surface area contributed by atoms with Gasteiger partial charge in [0.25, 0.3) is 0 Å². The molecule has 2 aromatic heterocycles. The molecule has 0 spiro atoms. The summed E-state index contributed by atoms with van der Waals surface area (Å²) in [6, 6.07) is 7.28. The van der Waals surface area contributed by atoms with Crippen molar-refractivity contribution in [1.82, 2.24) is 9.47 Å². The number of thiophene rings is 1. The average molecular weight is 276 g/mol. The van der Waals surface area contributed by atoms with Gasteiger partial charge in [0.15, 0.2) is 0 Å². The molecule has 0 bridgehead atoms. The number of nitrogens with zero attached hydrogens (tertiary/aromatic N) is 2. The lowest BCUT2D eigenvalue weighted by Crippen LogP contribution is -2.24. The number of hydrogen-bond acceptors (Lipinski definition) is 3. The molecule has 0 fully saturated rings. The monoisotopic (exact) mass is 276 g/mol. The highest BCUT2D eigenvalue weighted by Gasteiger charge is 2.17. The molecule has 0 saturated heterocycles. The van der Waals surface area contributed by atoms with E-state index in [1.807, 2.05) is 30.6 Å². The van der Waals surface area contributed by atoms with Gasteiger partial charge in [-0.3, -0.25) is 9.59 Å². The topological polar surface area (TPSA) is 42.3 Å². The number of aromatic nitrogens is 1. The molecule has 0 aromatic carbocycles. The van der Waals surface area contributed by atoms with Crippen molar-refractivity contribution in [3.05, 3.63) is 45.9 Å². The molecule has 0 aliphatic heterocycles. The lowest BCUT2D eigenvalue weighted by Gasteiger charge is -2.11. The Balaban J connectivity index is 2.23. The molecule has 2 rings (SSSR count). The van der Waals surface area contributed by atoms with Crippen LogP contribution < -0.4 is 0 Å². The first-order chi connectivity index (χ1) is 9.00. The van der Waals surface area contributed by atoms with E-state index in [1.54, 1.807) is 29.6 Å². The Labute approximate surface area is 116 Å². The summed E-state index contributed by atoms with van der Waals surface area (Å²) in [6.45, 7) is 0. The summed E-state index contributed by atoms with van der Waals surface area (Å²) < 4.78 is 1.80. The Kier molecular flexibility index (Phi) is 3.85. The van der Waals surface area contributed by atoms with E-state index in [0.717, 1.165) is 5.69 Å². The van der Waals surface area contributed by atoms with Crippen LogP contribution >= 0.6 is 11.3 Å². The van der Waals surface area contributed by atoms with E-state index in [-0.39, 0.29) is 11.7 Å². The average Bonchev–Trinajstić information content (AvgIpc) is 3.00. The van der Waals surface area contributed by atoms with Gasteiger partial charge < -0.3 is 9.47 Å². The van der Waals surface area contributed by atoms with Crippen LogP contribution in [0, 0.1) is 0 Å². The molecular weight excluding hydrogens is 260 g/mol. The lowest BCUT2D eigenvalue weighted by molar-refractivity contribution is -0.128. The van der Waals surface area contributed by atoms with Crippen molar-refractivity contribution < 1.29 is 9.59 Å². The first-order valence-electron chi connectivity index (χ1n) is 5.93. The van der Waals surface area contributed by atoms with Gasteiger partial charge in [0.05, 0.1) is 17.0 Å². The molecule has 1 amide bonds. The molecule has 0 saturated carbocycles. The maximum absolute atomic E-state index is 12.3. The molecular formula is C14H16N2O2S. The standard InChI is InChI=1S/C14H16N2O2S/c1-15(2)13(17)9-10-6-7-11(16(10)3)14(18)12-5-4-8-19-12/h4-8H,9H2,1-3H3. The summed E-state index contributed by atoms with van der Waals surface area (Å²) >= 11 is 1.42. The minimum atomic E-state index is 0.000974. The van der Waals surface area contributed by atoms with Crippen molar-refractivity contribution in [2.24, 2.45) is 7.05 Å². The fourth-order valence-electron chi connectivity index (χ4n) is 1.81. The van der Waals surface area contributed by atoms with Gasteiger partial charge in [-0.25, -0.2) is 0 Å². The van der Waals surface area contributed by atoms with Gasteiger partial charge in [-0.2, -0.15) is 0 Å². The van der Waals surface area contributed by atoms with E-state index >= 15 is 0 Å². The van der Waals surface area contributed by atoms with E-state index in [0.29, 0.717) is 17.0 Å². The van der Waals surface area contributed by atoms with E-state index < -0.39 is 0 Å². The van der Waals surface area contributed by atoms with Crippen LogP contribution in [0.2, 0.25) is 0 Å². The highest BCUT2D eigenvalue weighted by atomic mass is 32.1. The first kappa shape index (κ1) is 13.5. The molecule has 100 valence electrons. The van der Waals surface area contributed by atoms with E-state index in [1.165, 1.54) is 11.3 Å². The summed E-state index contributed by atoms with van der Waals surface area (Å²) in [7, 11) is 5.27. The highest BCUT2D eigenvalue weighted by molar-refractivity contribution is 7.12. The number of hydrogen-bond donors (Lipinski definition) is 0. The number of likely N-dealkylation sites (N-methyl/N-ethyl adjacent to an activating group) is 1. The SMILES string of the molecule is CN(C)C(=O)Cc1ccc(C(=O)c2cccs2)n1C. The Morgan fingerprint density at radius 3 is 2.58 bits per heavy atom. The molecule has 0 unspecified atom stereocenters. The molecule has 5 heteroatoms. The second kappa shape index (κ2) is 5.40. The quantitative estimate of drug-likeness (QED) is 0.801. The Morgan fingerprint density at radius 2 is 2.00 bits per heavy atom. The molecule has 0 atom stereocenters. The van der Waals surface area contributed by atoms with Crippen molar-refractivity contribution in [3.63, 3.8) is 0 Å². The summed E-state index contributed by atoms with van der Waals surface area (Å²) in [5, 5.41) is 1.88. The zero-order valence-corrected chi connectivity index (χ0v) is 12.0. The Bertz CT molecular complexity index is 597. The van der Waals surface area contributed by atoms with Crippen LogP contribution in [-0.4, -0.2) is 35.3 Å². The van der Waals surface area contributed by atoms with Crippen molar-refractivity contribution in [3.8, 4) is 0 Å². The molecule has 0 radical (unpaired) electrons. The second-order valence-electron chi connectivity index (χ2n) is 4.54. The van der Waals surface area contributed by atoms with Crippen LogP contribution in [0.5, 0.6) is 0 Å². The van der Waals surface area contributed by atoms with Gasteiger partial charge in [0.1, 0.15) is 0 Å². The lowest BCUT2D eigenvalue weighted by atomic mass is 10.2. The number of rotatable bonds is 4.